The predicted octanol–water partition coefficient (Wildman–Crippen LogP) is 1.74. The number of anilines is 1. The van der Waals surface area contributed by atoms with Crippen LogP contribution in [-0.4, -0.2) is 72.7 Å². The standard InChI is InChI=1S/C18H21ClN4O4/c19-15-3-1-14(2-4-15)18(25)23(7-6-22-8-11-26-12-9-22)13-17(24)20-16-5-10-27-21-16/h1-5,10H,6-9,11-13H2,(H,20,21,24). The lowest BCUT2D eigenvalue weighted by Gasteiger charge is -2.30. The molecular formula is C18H21ClN4O4. The fourth-order valence-electron chi connectivity index (χ4n) is 2.75. The third-order valence-corrected chi connectivity index (χ3v) is 4.46. The Balaban J connectivity index is 1.65. The molecule has 0 unspecified atom stereocenters. The molecule has 1 saturated heterocycles. The molecule has 0 atom stereocenters. The molecule has 0 bridgehead atoms. The summed E-state index contributed by atoms with van der Waals surface area (Å²) in [6, 6.07) is 8.16. The van der Waals surface area contributed by atoms with E-state index in [0.29, 0.717) is 42.7 Å². The van der Waals surface area contributed by atoms with Crippen LogP contribution in [0.3, 0.4) is 0 Å². The minimum absolute atomic E-state index is 0.0847. The van der Waals surface area contributed by atoms with Gasteiger partial charge in [-0.25, -0.2) is 0 Å². The quantitative estimate of drug-likeness (QED) is 0.772. The highest BCUT2D eigenvalue weighted by Crippen LogP contribution is 2.12. The van der Waals surface area contributed by atoms with Crippen molar-refractivity contribution in [2.45, 2.75) is 0 Å². The predicted molar refractivity (Wildman–Crippen MR) is 99.7 cm³/mol. The van der Waals surface area contributed by atoms with E-state index in [4.69, 9.17) is 20.9 Å². The lowest BCUT2D eigenvalue weighted by Crippen LogP contribution is -2.45. The second-order valence-corrected chi connectivity index (χ2v) is 6.56. The Morgan fingerprint density at radius 2 is 1.93 bits per heavy atom. The van der Waals surface area contributed by atoms with Crippen molar-refractivity contribution in [3.05, 3.63) is 47.2 Å². The zero-order chi connectivity index (χ0) is 19.1. The number of carbonyl (C=O) groups is 2. The summed E-state index contributed by atoms with van der Waals surface area (Å²) in [5.41, 5.74) is 0.482. The molecule has 1 aliphatic rings. The summed E-state index contributed by atoms with van der Waals surface area (Å²) in [4.78, 5) is 28.9. The lowest BCUT2D eigenvalue weighted by molar-refractivity contribution is -0.117. The number of hydrogen-bond acceptors (Lipinski definition) is 6. The van der Waals surface area contributed by atoms with E-state index in [-0.39, 0.29) is 18.4 Å². The zero-order valence-corrected chi connectivity index (χ0v) is 15.5. The van der Waals surface area contributed by atoms with Crippen molar-refractivity contribution in [1.29, 1.82) is 0 Å². The molecule has 3 rings (SSSR count). The topological polar surface area (TPSA) is 87.9 Å². The maximum Gasteiger partial charge on any atom is 0.254 e. The Labute approximate surface area is 162 Å². The summed E-state index contributed by atoms with van der Waals surface area (Å²) in [5.74, 6) is -0.254. The third kappa shape index (κ3) is 5.78. The first-order chi connectivity index (χ1) is 13.1. The van der Waals surface area contributed by atoms with Gasteiger partial charge in [-0.3, -0.25) is 14.5 Å². The largest absolute Gasteiger partial charge is 0.379 e. The van der Waals surface area contributed by atoms with E-state index >= 15 is 0 Å². The molecule has 1 aliphatic heterocycles. The van der Waals surface area contributed by atoms with Gasteiger partial charge in [0.1, 0.15) is 12.8 Å². The average Bonchev–Trinajstić information content (AvgIpc) is 3.19. The fourth-order valence-corrected chi connectivity index (χ4v) is 2.87. The first-order valence-corrected chi connectivity index (χ1v) is 9.05. The second-order valence-electron chi connectivity index (χ2n) is 6.12. The number of ether oxygens (including phenoxy) is 1. The van der Waals surface area contributed by atoms with Crippen molar-refractivity contribution in [2.75, 3.05) is 51.3 Å². The Kier molecular flexibility index (Phi) is 6.80. The van der Waals surface area contributed by atoms with E-state index in [2.05, 4.69) is 15.4 Å². The van der Waals surface area contributed by atoms with E-state index in [1.807, 2.05) is 0 Å². The van der Waals surface area contributed by atoms with E-state index in [1.165, 1.54) is 17.2 Å². The van der Waals surface area contributed by atoms with Gasteiger partial charge in [0.2, 0.25) is 5.91 Å². The average molecular weight is 393 g/mol. The smallest absolute Gasteiger partial charge is 0.254 e. The molecule has 1 aromatic carbocycles. The molecule has 8 nitrogen and oxygen atoms in total. The van der Waals surface area contributed by atoms with Crippen LogP contribution in [0.15, 0.2) is 41.1 Å². The Morgan fingerprint density at radius 3 is 2.59 bits per heavy atom. The van der Waals surface area contributed by atoms with Crippen LogP contribution in [0.2, 0.25) is 5.02 Å². The fraction of sp³-hybridized carbons (Fsp3) is 0.389. The zero-order valence-electron chi connectivity index (χ0n) is 14.8. The molecule has 1 fully saturated rings. The van der Waals surface area contributed by atoms with Crippen LogP contribution in [0.4, 0.5) is 5.82 Å². The summed E-state index contributed by atoms with van der Waals surface area (Å²) in [6.45, 7) is 3.99. The number of halogens is 1. The number of nitrogens with zero attached hydrogens (tertiary/aromatic N) is 3. The molecule has 27 heavy (non-hydrogen) atoms. The minimum Gasteiger partial charge on any atom is -0.379 e. The second kappa shape index (κ2) is 9.50. The molecule has 0 spiro atoms. The van der Waals surface area contributed by atoms with Gasteiger partial charge in [-0.2, -0.15) is 0 Å². The van der Waals surface area contributed by atoms with Crippen molar-refractivity contribution in [1.82, 2.24) is 15.0 Å². The van der Waals surface area contributed by atoms with Gasteiger partial charge in [-0.15, -0.1) is 0 Å². The summed E-state index contributed by atoms with van der Waals surface area (Å²) < 4.78 is 10.0. The first-order valence-electron chi connectivity index (χ1n) is 8.67. The molecule has 0 saturated carbocycles. The van der Waals surface area contributed by atoms with Crippen molar-refractivity contribution in [3.8, 4) is 0 Å². The van der Waals surface area contributed by atoms with Gasteiger partial charge in [-0.1, -0.05) is 16.8 Å². The summed E-state index contributed by atoms with van der Waals surface area (Å²) in [7, 11) is 0. The minimum atomic E-state index is -0.340. The highest BCUT2D eigenvalue weighted by molar-refractivity contribution is 6.30. The van der Waals surface area contributed by atoms with Crippen LogP contribution in [0.25, 0.3) is 0 Å². The first kappa shape index (κ1) is 19.3. The molecule has 2 amide bonds. The van der Waals surface area contributed by atoms with E-state index in [1.54, 1.807) is 24.3 Å². The highest BCUT2D eigenvalue weighted by Gasteiger charge is 2.21. The lowest BCUT2D eigenvalue weighted by atomic mass is 10.2. The molecule has 144 valence electrons. The number of rotatable bonds is 7. The van der Waals surface area contributed by atoms with Gasteiger partial charge in [0, 0.05) is 42.8 Å². The molecular weight excluding hydrogens is 372 g/mol. The normalized spacial score (nSPS) is 14.7. The number of carbonyl (C=O) groups excluding carboxylic acids is 2. The summed E-state index contributed by atoms with van der Waals surface area (Å²) >= 11 is 5.90. The maximum absolute atomic E-state index is 12.9. The number of aromatic nitrogens is 1. The molecule has 2 heterocycles. The summed E-state index contributed by atoms with van der Waals surface area (Å²) in [5, 5.41) is 6.81. The molecule has 1 aromatic heterocycles. The number of hydrogen-bond donors (Lipinski definition) is 1. The highest BCUT2D eigenvalue weighted by atomic mass is 35.5. The molecule has 0 aliphatic carbocycles. The Morgan fingerprint density at radius 1 is 1.19 bits per heavy atom. The third-order valence-electron chi connectivity index (χ3n) is 4.21. The number of benzene rings is 1. The maximum atomic E-state index is 12.9. The van der Waals surface area contributed by atoms with Crippen molar-refractivity contribution in [2.24, 2.45) is 0 Å². The van der Waals surface area contributed by atoms with E-state index < -0.39 is 0 Å². The van der Waals surface area contributed by atoms with Gasteiger partial charge in [0.25, 0.3) is 5.91 Å². The molecule has 0 radical (unpaired) electrons. The monoisotopic (exact) mass is 392 g/mol. The van der Waals surface area contributed by atoms with Crippen molar-refractivity contribution in [3.63, 3.8) is 0 Å². The Hall–Kier alpha value is -2.42. The molecule has 1 N–H and O–H groups in total. The molecule has 9 heteroatoms. The number of nitrogens with one attached hydrogen (secondary N) is 1. The van der Waals surface area contributed by atoms with E-state index in [0.717, 1.165) is 13.1 Å². The van der Waals surface area contributed by atoms with Crippen LogP contribution >= 0.6 is 11.6 Å². The number of amides is 2. The van der Waals surface area contributed by atoms with Gasteiger partial charge >= 0.3 is 0 Å². The SMILES string of the molecule is O=C(CN(CCN1CCOCC1)C(=O)c1ccc(Cl)cc1)Nc1ccon1. The van der Waals surface area contributed by atoms with Gasteiger partial charge < -0.3 is 19.5 Å². The van der Waals surface area contributed by atoms with Crippen LogP contribution < -0.4 is 5.32 Å². The molecule has 2 aromatic rings. The number of morpholine rings is 1. The van der Waals surface area contributed by atoms with Crippen molar-refractivity contribution < 1.29 is 18.8 Å². The Bertz CT molecular complexity index is 745. The van der Waals surface area contributed by atoms with Crippen LogP contribution in [0.1, 0.15) is 10.4 Å². The van der Waals surface area contributed by atoms with Gasteiger partial charge in [-0.05, 0) is 24.3 Å². The van der Waals surface area contributed by atoms with Crippen molar-refractivity contribution >= 4 is 29.2 Å². The van der Waals surface area contributed by atoms with Crippen LogP contribution in [0.5, 0.6) is 0 Å². The van der Waals surface area contributed by atoms with Gasteiger partial charge in [0.05, 0.1) is 13.2 Å². The van der Waals surface area contributed by atoms with Crippen LogP contribution in [-0.2, 0) is 9.53 Å². The van der Waals surface area contributed by atoms with Gasteiger partial charge in [0.15, 0.2) is 5.82 Å². The summed E-state index contributed by atoms with van der Waals surface area (Å²) in [6.07, 6.45) is 1.37. The van der Waals surface area contributed by atoms with Crippen LogP contribution in [0, 0.1) is 0 Å². The van der Waals surface area contributed by atoms with E-state index in [9.17, 15) is 9.59 Å².